The fourth-order valence-corrected chi connectivity index (χ4v) is 5.06. The Morgan fingerprint density at radius 3 is 2.38 bits per heavy atom. The van der Waals surface area contributed by atoms with Crippen LogP contribution in [0.5, 0.6) is 11.6 Å². The summed E-state index contributed by atoms with van der Waals surface area (Å²) in [5.74, 6) is 1.14. The van der Waals surface area contributed by atoms with E-state index in [1.807, 2.05) is 42.5 Å². The van der Waals surface area contributed by atoms with Gasteiger partial charge in [0.05, 0.1) is 0 Å². The van der Waals surface area contributed by atoms with Crippen LogP contribution in [0, 0.1) is 12.1 Å². The summed E-state index contributed by atoms with van der Waals surface area (Å²) in [5.41, 5.74) is 8.15. The smallest absolute Gasteiger partial charge is 0.216 e. The summed E-state index contributed by atoms with van der Waals surface area (Å²) in [6.07, 6.45) is 3.42. The number of para-hydroxylation sites is 2. The van der Waals surface area contributed by atoms with Crippen molar-refractivity contribution < 1.29 is 25.8 Å². The van der Waals surface area contributed by atoms with Gasteiger partial charge in [0.1, 0.15) is 0 Å². The van der Waals surface area contributed by atoms with Crippen LogP contribution in [0.1, 0.15) is 0 Å². The summed E-state index contributed by atoms with van der Waals surface area (Å²) < 4.78 is 6.13. The van der Waals surface area contributed by atoms with Crippen LogP contribution in [0.3, 0.4) is 0 Å². The summed E-state index contributed by atoms with van der Waals surface area (Å²) in [7, 11) is 0. The number of aromatic nitrogens is 3. The first kappa shape index (κ1) is 24.9. The van der Waals surface area contributed by atoms with Gasteiger partial charge in [0.25, 0.3) is 0 Å². The molecule has 0 bridgehead atoms. The zero-order chi connectivity index (χ0) is 25.3. The molecule has 1 aliphatic heterocycles. The Morgan fingerprint density at radius 2 is 1.56 bits per heavy atom. The largest absolute Gasteiger partial charge is 0.619 e. The summed E-state index contributed by atoms with van der Waals surface area (Å²) in [5, 5.41) is 8.25. The van der Waals surface area contributed by atoms with E-state index in [2.05, 4.69) is 98.9 Å². The van der Waals surface area contributed by atoms with Crippen molar-refractivity contribution >= 4 is 40.2 Å². The molecule has 0 unspecified atom stereocenters. The molecule has 0 fully saturated rings. The Balaban J connectivity index is 0.00000277. The third-order valence-corrected chi connectivity index (χ3v) is 6.68. The molecule has 3 heterocycles. The van der Waals surface area contributed by atoms with Crippen LogP contribution in [-0.2, 0) is 21.1 Å². The molecule has 4 aromatic carbocycles. The van der Waals surface area contributed by atoms with Gasteiger partial charge in [0, 0.05) is 50.5 Å². The third kappa shape index (κ3) is 4.69. The summed E-state index contributed by atoms with van der Waals surface area (Å²) in [4.78, 5) is 6.62. The molecule has 0 N–H and O–H groups in total. The molecular formula is C32H20BN4OPt-3. The van der Waals surface area contributed by atoms with Crippen molar-refractivity contribution in [1.29, 1.82) is 0 Å². The predicted molar refractivity (Wildman–Crippen MR) is 151 cm³/mol. The zero-order valence-corrected chi connectivity index (χ0v) is 22.9. The van der Waals surface area contributed by atoms with Gasteiger partial charge in [0.2, 0.25) is 12.6 Å². The number of nitrogens with zero attached hydrogens (tertiary/aromatic N) is 4. The molecular weight excluding hydrogens is 662 g/mol. The molecule has 0 saturated carbocycles. The molecule has 0 atom stereocenters. The van der Waals surface area contributed by atoms with Crippen LogP contribution in [0.25, 0.3) is 11.3 Å². The van der Waals surface area contributed by atoms with Gasteiger partial charge in [0.15, 0.2) is 0 Å². The molecule has 0 saturated heterocycles. The van der Waals surface area contributed by atoms with Crippen LogP contribution in [-0.4, -0.2) is 16.8 Å². The van der Waals surface area contributed by atoms with Crippen molar-refractivity contribution in [2.24, 2.45) is 0 Å². The van der Waals surface area contributed by atoms with E-state index in [1.54, 1.807) is 12.4 Å². The van der Waals surface area contributed by atoms with E-state index in [0.717, 1.165) is 44.7 Å². The van der Waals surface area contributed by atoms with E-state index in [9.17, 15) is 0 Å². The van der Waals surface area contributed by atoms with Gasteiger partial charge in [-0.05, 0) is 35.9 Å². The van der Waals surface area contributed by atoms with Crippen LogP contribution in [0.4, 0.5) is 17.1 Å². The number of anilines is 3. The third-order valence-electron chi connectivity index (χ3n) is 6.68. The Labute approximate surface area is 241 Å². The number of ether oxygens (including phenoxy) is 1. The fourth-order valence-electron chi connectivity index (χ4n) is 5.06. The first-order valence-electron chi connectivity index (χ1n) is 12.4. The van der Waals surface area contributed by atoms with Crippen molar-refractivity contribution in [1.82, 2.24) is 15.2 Å². The molecule has 7 heteroatoms. The number of pyridine rings is 1. The second-order valence-electron chi connectivity index (χ2n) is 8.99. The van der Waals surface area contributed by atoms with E-state index in [0.29, 0.717) is 11.6 Å². The maximum atomic E-state index is 6.13. The summed E-state index contributed by atoms with van der Waals surface area (Å²) in [6.45, 7) is -0.115. The minimum atomic E-state index is -0.115. The topological polar surface area (TPSA) is 52.4 Å². The van der Waals surface area contributed by atoms with E-state index in [-0.39, 0.29) is 27.8 Å². The van der Waals surface area contributed by atoms with E-state index in [4.69, 9.17) is 4.74 Å². The minimum absolute atomic E-state index is 0. The van der Waals surface area contributed by atoms with E-state index >= 15 is 0 Å². The van der Waals surface area contributed by atoms with Gasteiger partial charge < -0.3 is 19.8 Å². The number of fused-ring (bicyclic) bond motifs is 2. The predicted octanol–water partition coefficient (Wildman–Crippen LogP) is 4.79. The molecule has 1 aliphatic rings. The quantitative estimate of drug-likeness (QED) is 0.193. The number of hydrogen-bond acceptors (Lipinski definition) is 4. The van der Waals surface area contributed by atoms with Crippen molar-refractivity contribution in [2.75, 3.05) is 4.90 Å². The Morgan fingerprint density at radius 1 is 0.718 bits per heavy atom. The Hall–Kier alpha value is -4.41. The molecule has 0 amide bonds. The van der Waals surface area contributed by atoms with Gasteiger partial charge in [-0.25, -0.2) is 10.7 Å². The SMILES string of the molecule is [Pt].[c-]1c(B2c3[c-]c(Oc4ccccn4)ccc3N(c3ccccc3)c3ccccc32)cccc1-c1ccn[n-]1. The first-order valence-corrected chi connectivity index (χ1v) is 12.4. The summed E-state index contributed by atoms with van der Waals surface area (Å²) >= 11 is 0. The zero-order valence-electron chi connectivity index (χ0n) is 20.6. The Bertz CT molecular complexity index is 1710. The molecule has 0 aliphatic carbocycles. The van der Waals surface area contributed by atoms with Gasteiger partial charge >= 0.3 is 0 Å². The number of benzene rings is 4. The molecule has 2 aromatic heterocycles. The van der Waals surface area contributed by atoms with Crippen LogP contribution < -0.4 is 31.1 Å². The van der Waals surface area contributed by atoms with Crippen LogP contribution in [0.2, 0.25) is 0 Å². The van der Waals surface area contributed by atoms with Crippen molar-refractivity contribution in [3.05, 3.63) is 134 Å². The maximum Gasteiger partial charge on any atom is 0.216 e. The van der Waals surface area contributed by atoms with Gasteiger partial charge in [-0.15, -0.1) is 42.5 Å². The van der Waals surface area contributed by atoms with Gasteiger partial charge in [-0.2, -0.15) is 22.6 Å². The minimum Gasteiger partial charge on any atom is -0.619 e. The second-order valence-corrected chi connectivity index (χ2v) is 8.99. The second kappa shape index (κ2) is 10.8. The Kier molecular flexibility index (Phi) is 6.87. The molecule has 6 aromatic rings. The average Bonchev–Trinajstić information content (AvgIpc) is 3.52. The standard InChI is InChI=1S/C32H20BN4O.Pt/c1-2-11-25(12-3-1)37-30-14-5-4-13-27(30)33(24-10-8-9-23(21-24)29-18-20-35-36-29)28-22-26(16-17-31(28)37)38-32-15-6-7-19-34-32;/h1-20H;/q-3;. The van der Waals surface area contributed by atoms with Crippen molar-refractivity contribution in [3.8, 4) is 22.9 Å². The monoisotopic (exact) mass is 682 g/mol. The number of hydrogen-bond donors (Lipinski definition) is 0. The first-order chi connectivity index (χ1) is 18.8. The van der Waals surface area contributed by atoms with Crippen LogP contribution in [0.15, 0.2) is 122 Å². The van der Waals surface area contributed by atoms with E-state index in [1.165, 1.54) is 0 Å². The maximum absolute atomic E-state index is 6.13. The van der Waals surface area contributed by atoms with Gasteiger partial charge in [-0.1, -0.05) is 48.2 Å². The summed E-state index contributed by atoms with van der Waals surface area (Å²) in [6, 6.07) is 43.9. The molecule has 7 rings (SSSR count). The molecule has 190 valence electrons. The number of rotatable bonds is 5. The normalized spacial score (nSPS) is 11.8. The van der Waals surface area contributed by atoms with Crippen molar-refractivity contribution in [3.63, 3.8) is 0 Å². The van der Waals surface area contributed by atoms with Crippen LogP contribution >= 0.6 is 0 Å². The molecule has 39 heavy (non-hydrogen) atoms. The average molecular weight is 682 g/mol. The van der Waals surface area contributed by atoms with E-state index < -0.39 is 0 Å². The van der Waals surface area contributed by atoms with Gasteiger partial charge in [-0.3, -0.25) is 0 Å². The fraction of sp³-hybridized carbons (Fsp3) is 0. The molecule has 0 spiro atoms. The molecule has 5 nitrogen and oxygen atoms in total. The molecule has 0 radical (unpaired) electrons. The van der Waals surface area contributed by atoms with Crippen molar-refractivity contribution in [2.45, 2.75) is 0 Å².